The third kappa shape index (κ3) is 3.76. The van der Waals surface area contributed by atoms with Gasteiger partial charge in [-0.1, -0.05) is 50.5 Å². The van der Waals surface area contributed by atoms with Crippen LogP contribution in [0.2, 0.25) is 0 Å². The lowest BCUT2D eigenvalue weighted by atomic mass is 9.99. The molecule has 1 aromatic heterocycles. The van der Waals surface area contributed by atoms with Gasteiger partial charge in [0, 0.05) is 17.1 Å². The molecule has 0 amide bonds. The van der Waals surface area contributed by atoms with Crippen molar-refractivity contribution >= 4 is 10.9 Å². The second kappa shape index (κ2) is 7.36. The normalized spacial score (nSPS) is 11.0. The minimum Gasteiger partial charge on any atom is -0.256 e. The fourth-order valence-electron chi connectivity index (χ4n) is 3.00. The molecular weight excluding hydrogens is 285 g/mol. The molecule has 0 aliphatic heterocycles. The van der Waals surface area contributed by atoms with Gasteiger partial charge in [-0.25, -0.2) is 4.39 Å². The minimum absolute atomic E-state index is 0.213. The summed E-state index contributed by atoms with van der Waals surface area (Å²) >= 11 is 0. The van der Waals surface area contributed by atoms with Crippen LogP contribution in [0.25, 0.3) is 22.0 Å². The number of fused-ring (bicyclic) bond motifs is 1. The van der Waals surface area contributed by atoms with Crippen molar-refractivity contribution in [2.45, 2.75) is 39.0 Å². The molecule has 0 radical (unpaired) electrons. The summed E-state index contributed by atoms with van der Waals surface area (Å²) in [6.45, 7) is 2.23. The number of hydrogen-bond donors (Lipinski definition) is 0. The molecule has 0 spiro atoms. The summed E-state index contributed by atoms with van der Waals surface area (Å²) in [6, 6.07) is 15.1. The average molecular weight is 307 g/mol. The highest BCUT2D eigenvalue weighted by molar-refractivity contribution is 5.86. The fourth-order valence-corrected chi connectivity index (χ4v) is 3.00. The van der Waals surface area contributed by atoms with E-state index in [0.29, 0.717) is 0 Å². The zero-order valence-corrected chi connectivity index (χ0v) is 13.6. The van der Waals surface area contributed by atoms with Crippen molar-refractivity contribution in [1.82, 2.24) is 4.98 Å². The summed E-state index contributed by atoms with van der Waals surface area (Å²) in [7, 11) is 0. The van der Waals surface area contributed by atoms with Crippen LogP contribution in [0.3, 0.4) is 0 Å². The van der Waals surface area contributed by atoms with E-state index < -0.39 is 0 Å². The maximum absolute atomic E-state index is 13.5. The van der Waals surface area contributed by atoms with E-state index >= 15 is 0 Å². The van der Waals surface area contributed by atoms with Crippen molar-refractivity contribution in [2.75, 3.05) is 0 Å². The van der Waals surface area contributed by atoms with Gasteiger partial charge in [-0.15, -0.1) is 0 Å². The predicted molar refractivity (Wildman–Crippen MR) is 95.0 cm³/mol. The molecule has 0 unspecified atom stereocenters. The minimum atomic E-state index is -0.213. The van der Waals surface area contributed by atoms with Crippen molar-refractivity contribution in [3.05, 3.63) is 66.1 Å². The Morgan fingerprint density at radius 1 is 0.913 bits per heavy atom. The first-order valence-corrected chi connectivity index (χ1v) is 8.41. The zero-order valence-electron chi connectivity index (χ0n) is 13.6. The first-order valence-electron chi connectivity index (χ1n) is 8.41. The molecule has 3 aromatic rings. The second-order valence-electron chi connectivity index (χ2n) is 6.03. The molecular formula is C21H22FN. The van der Waals surface area contributed by atoms with Crippen LogP contribution in [-0.2, 0) is 6.42 Å². The van der Waals surface area contributed by atoms with Crippen LogP contribution in [-0.4, -0.2) is 4.98 Å². The Balaban J connectivity index is 1.94. The lowest BCUT2D eigenvalue weighted by Gasteiger charge is -2.09. The number of nitrogens with zero attached hydrogens (tertiary/aromatic N) is 1. The molecule has 0 fully saturated rings. The molecule has 0 aliphatic carbocycles. The van der Waals surface area contributed by atoms with Crippen LogP contribution in [0, 0.1) is 5.82 Å². The highest BCUT2D eigenvalue weighted by Crippen LogP contribution is 2.26. The maximum atomic E-state index is 13.5. The second-order valence-corrected chi connectivity index (χ2v) is 6.03. The summed E-state index contributed by atoms with van der Waals surface area (Å²) in [6.07, 6.45) is 7.92. The topological polar surface area (TPSA) is 12.9 Å². The monoisotopic (exact) mass is 307 g/mol. The van der Waals surface area contributed by atoms with Crippen molar-refractivity contribution in [3.63, 3.8) is 0 Å². The van der Waals surface area contributed by atoms with Crippen molar-refractivity contribution in [3.8, 4) is 11.1 Å². The van der Waals surface area contributed by atoms with Gasteiger partial charge < -0.3 is 0 Å². The van der Waals surface area contributed by atoms with Gasteiger partial charge in [0.1, 0.15) is 5.82 Å². The number of pyridine rings is 1. The zero-order chi connectivity index (χ0) is 16.1. The van der Waals surface area contributed by atoms with Gasteiger partial charge in [0.15, 0.2) is 0 Å². The molecule has 2 heteroatoms. The molecule has 0 bridgehead atoms. The average Bonchev–Trinajstić information content (AvgIpc) is 2.58. The van der Waals surface area contributed by atoms with Crippen molar-refractivity contribution in [1.29, 1.82) is 0 Å². The lowest BCUT2D eigenvalue weighted by molar-refractivity contribution is 0.628. The van der Waals surface area contributed by atoms with Gasteiger partial charge in [0.25, 0.3) is 0 Å². The van der Waals surface area contributed by atoms with E-state index in [1.54, 1.807) is 12.1 Å². The summed E-state index contributed by atoms with van der Waals surface area (Å²) in [4.78, 5) is 4.57. The van der Waals surface area contributed by atoms with Gasteiger partial charge in [0.2, 0.25) is 0 Å². The summed E-state index contributed by atoms with van der Waals surface area (Å²) in [5, 5.41) is 1.19. The number of aromatic nitrogens is 1. The number of hydrogen-bond acceptors (Lipinski definition) is 1. The molecule has 0 aliphatic rings. The Labute approximate surface area is 137 Å². The summed E-state index contributed by atoms with van der Waals surface area (Å²) < 4.78 is 13.5. The van der Waals surface area contributed by atoms with Gasteiger partial charge in [-0.05, 0) is 48.2 Å². The van der Waals surface area contributed by atoms with Gasteiger partial charge in [-0.2, -0.15) is 0 Å². The Bertz CT molecular complexity index is 795. The number of aryl methyl sites for hydroxylation is 1. The highest BCUT2D eigenvalue weighted by Gasteiger charge is 2.06. The molecule has 1 nitrogen and oxygen atoms in total. The van der Waals surface area contributed by atoms with E-state index in [9.17, 15) is 4.39 Å². The Morgan fingerprint density at radius 2 is 1.78 bits per heavy atom. The maximum Gasteiger partial charge on any atom is 0.123 e. The molecule has 0 saturated heterocycles. The largest absolute Gasteiger partial charge is 0.256 e. The first-order chi connectivity index (χ1) is 11.3. The molecule has 23 heavy (non-hydrogen) atoms. The number of rotatable bonds is 6. The summed E-state index contributed by atoms with van der Waals surface area (Å²) in [5.41, 5.74) is 4.20. The van der Waals surface area contributed by atoms with Gasteiger partial charge >= 0.3 is 0 Å². The summed E-state index contributed by atoms with van der Waals surface area (Å²) in [5.74, 6) is -0.213. The standard InChI is InChI=1S/C21H22FN/c1-2-3-4-5-8-16-9-7-12-21-20(16)14-18(15-23-21)17-10-6-11-19(22)13-17/h6-7,9-15H,2-5,8H2,1H3. The molecule has 118 valence electrons. The van der Waals surface area contributed by atoms with E-state index in [1.165, 1.54) is 42.7 Å². The molecule has 2 aromatic carbocycles. The Kier molecular flexibility index (Phi) is 5.02. The van der Waals surface area contributed by atoms with Crippen LogP contribution >= 0.6 is 0 Å². The van der Waals surface area contributed by atoms with E-state index in [2.05, 4.69) is 30.1 Å². The van der Waals surface area contributed by atoms with Crippen molar-refractivity contribution < 1.29 is 4.39 Å². The lowest BCUT2D eigenvalue weighted by Crippen LogP contribution is -1.91. The molecule has 3 rings (SSSR count). The van der Waals surface area contributed by atoms with Crippen LogP contribution in [0.5, 0.6) is 0 Å². The number of halogens is 1. The smallest absolute Gasteiger partial charge is 0.123 e. The molecule has 0 atom stereocenters. The predicted octanol–water partition coefficient (Wildman–Crippen LogP) is 6.16. The van der Waals surface area contributed by atoms with Gasteiger partial charge in [-0.3, -0.25) is 4.98 Å². The Hall–Kier alpha value is -2.22. The highest BCUT2D eigenvalue weighted by atomic mass is 19.1. The van der Waals surface area contributed by atoms with Crippen LogP contribution in [0.15, 0.2) is 54.7 Å². The molecule has 0 saturated carbocycles. The number of benzene rings is 2. The Morgan fingerprint density at radius 3 is 2.61 bits per heavy atom. The third-order valence-electron chi connectivity index (χ3n) is 4.27. The number of unbranched alkanes of at least 4 members (excludes halogenated alkanes) is 3. The molecule has 0 N–H and O–H groups in total. The quantitative estimate of drug-likeness (QED) is 0.497. The fraction of sp³-hybridized carbons (Fsp3) is 0.286. The van der Waals surface area contributed by atoms with Crippen LogP contribution in [0.4, 0.5) is 4.39 Å². The van der Waals surface area contributed by atoms with E-state index in [-0.39, 0.29) is 5.82 Å². The van der Waals surface area contributed by atoms with E-state index in [4.69, 9.17) is 0 Å². The van der Waals surface area contributed by atoms with Crippen LogP contribution in [0.1, 0.15) is 38.2 Å². The SMILES string of the molecule is CCCCCCc1cccc2ncc(-c3cccc(F)c3)cc12. The first kappa shape index (κ1) is 15.7. The molecule has 1 heterocycles. The van der Waals surface area contributed by atoms with Crippen molar-refractivity contribution in [2.24, 2.45) is 0 Å². The third-order valence-corrected chi connectivity index (χ3v) is 4.27. The van der Waals surface area contributed by atoms with Crippen LogP contribution < -0.4 is 0 Å². The van der Waals surface area contributed by atoms with E-state index in [1.807, 2.05) is 18.3 Å². The van der Waals surface area contributed by atoms with Gasteiger partial charge in [0.05, 0.1) is 5.52 Å². The van der Waals surface area contributed by atoms with E-state index in [0.717, 1.165) is 23.1 Å².